The van der Waals surface area contributed by atoms with Crippen molar-refractivity contribution in [1.29, 1.82) is 0 Å². The van der Waals surface area contributed by atoms with Crippen LogP contribution in [0.3, 0.4) is 0 Å². The molecule has 0 atom stereocenters. The molecule has 0 radical (unpaired) electrons. The number of aryl methyl sites for hydroxylation is 1. The Hall–Kier alpha value is -2.16. The molecule has 0 aliphatic carbocycles. The van der Waals surface area contributed by atoms with Crippen molar-refractivity contribution in [3.05, 3.63) is 28.8 Å². The Morgan fingerprint density at radius 1 is 1.40 bits per heavy atom. The Morgan fingerprint density at radius 2 is 2.15 bits per heavy atom. The molecule has 1 amide bonds. The molecule has 0 aliphatic heterocycles. The second-order valence-electron chi connectivity index (χ2n) is 3.93. The first-order chi connectivity index (χ1) is 9.51. The SMILES string of the molecule is COC(=O)c1c(NC(=O)Cn2cc(Br)cn2)cnn1C. The maximum atomic E-state index is 11.9. The van der Waals surface area contributed by atoms with E-state index in [0.717, 1.165) is 4.47 Å². The van der Waals surface area contributed by atoms with Crippen molar-refractivity contribution >= 4 is 33.5 Å². The number of esters is 1. The van der Waals surface area contributed by atoms with Gasteiger partial charge in [0, 0.05) is 13.2 Å². The summed E-state index contributed by atoms with van der Waals surface area (Å²) < 4.78 is 8.23. The third-order valence-corrected chi connectivity index (χ3v) is 2.91. The maximum Gasteiger partial charge on any atom is 0.358 e. The minimum absolute atomic E-state index is 0.0289. The van der Waals surface area contributed by atoms with Crippen LogP contribution in [0.15, 0.2) is 23.1 Å². The van der Waals surface area contributed by atoms with Gasteiger partial charge in [0.15, 0.2) is 5.69 Å². The predicted molar refractivity (Wildman–Crippen MR) is 73.1 cm³/mol. The summed E-state index contributed by atoms with van der Waals surface area (Å²) in [4.78, 5) is 23.5. The van der Waals surface area contributed by atoms with Crippen LogP contribution in [-0.2, 0) is 23.1 Å². The van der Waals surface area contributed by atoms with Gasteiger partial charge in [0.25, 0.3) is 0 Å². The van der Waals surface area contributed by atoms with Crippen LogP contribution in [0.4, 0.5) is 5.69 Å². The van der Waals surface area contributed by atoms with Gasteiger partial charge in [-0.1, -0.05) is 0 Å². The zero-order valence-corrected chi connectivity index (χ0v) is 12.4. The van der Waals surface area contributed by atoms with Gasteiger partial charge in [0.1, 0.15) is 6.54 Å². The van der Waals surface area contributed by atoms with Gasteiger partial charge in [-0.15, -0.1) is 0 Å². The van der Waals surface area contributed by atoms with E-state index in [-0.39, 0.29) is 18.1 Å². The monoisotopic (exact) mass is 341 g/mol. The van der Waals surface area contributed by atoms with Gasteiger partial charge in [0.2, 0.25) is 5.91 Å². The maximum absolute atomic E-state index is 11.9. The molecule has 0 fully saturated rings. The highest BCUT2D eigenvalue weighted by atomic mass is 79.9. The van der Waals surface area contributed by atoms with E-state index < -0.39 is 5.97 Å². The minimum atomic E-state index is -0.567. The number of carbonyl (C=O) groups is 2. The first kappa shape index (κ1) is 14.3. The number of nitrogens with one attached hydrogen (secondary N) is 1. The third kappa shape index (κ3) is 3.05. The van der Waals surface area contributed by atoms with Crippen LogP contribution in [0, 0.1) is 0 Å². The summed E-state index contributed by atoms with van der Waals surface area (Å²) >= 11 is 3.24. The summed E-state index contributed by atoms with van der Waals surface area (Å²) in [5.41, 5.74) is 0.484. The fraction of sp³-hybridized carbons (Fsp3) is 0.273. The number of ether oxygens (including phenoxy) is 1. The van der Waals surface area contributed by atoms with Gasteiger partial charge >= 0.3 is 5.97 Å². The van der Waals surface area contributed by atoms with Crippen molar-refractivity contribution in [3.8, 4) is 0 Å². The minimum Gasteiger partial charge on any atom is -0.464 e. The molecule has 1 N–H and O–H groups in total. The molecule has 20 heavy (non-hydrogen) atoms. The Morgan fingerprint density at radius 3 is 2.75 bits per heavy atom. The summed E-state index contributed by atoms with van der Waals surface area (Å²) in [7, 11) is 2.86. The zero-order chi connectivity index (χ0) is 14.7. The van der Waals surface area contributed by atoms with Crippen LogP contribution in [0.2, 0.25) is 0 Å². The second kappa shape index (κ2) is 5.87. The number of aromatic nitrogens is 4. The Kier molecular flexibility index (Phi) is 4.18. The van der Waals surface area contributed by atoms with Crippen molar-refractivity contribution < 1.29 is 14.3 Å². The molecule has 0 aliphatic rings. The topological polar surface area (TPSA) is 91.0 Å². The highest BCUT2D eigenvalue weighted by Gasteiger charge is 2.19. The van der Waals surface area contributed by atoms with Gasteiger partial charge in [0.05, 0.1) is 29.7 Å². The first-order valence-electron chi connectivity index (χ1n) is 5.59. The lowest BCUT2D eigenvalue weighted by atomic mass is 10.3. The van der Waals surface area contributed by atoms with E-state index in [2.05, 4.69) is 36.2 Å². The molecule has 0 unspecified atom stereocenters. The second-order valence-corrected chi connectivity index (χ2v) is 4.84. The number of hydrogen-bond donors (Lipinski definition) is 1. The van der Waals surface area contributed by atoms with E-state index in [1.54, 1.807) is 19.4 Å². The van der Waals surface area contributed by atoms with E-state index in [0.29, 0.717) is 5.69 Å². The van der Waals surface area contributed by atoms with Crippen LogP contribution in [0.5, 0.6) is 0 Å². The van der Waals surface area contributed by atoms with Crippen molar-refractivity contribution in [2.75, 3.05) is 12.4 Å². The Labute approximate surface area is 122 Å². The van der Waals surface area contributed by atoms with Gasteiger partial charge in [-0.3, -0.25) is 14.2 Å². The average Bonchev–Trinajstić information content (AvgIpc) is 2.95. The third-order valence-electron chi connectivity index (χ3n) is 2.50. The highest BCUT2D eigenvalue weighted by Crippen LogP contribution is 2.15. The quantitative estimate of drug-likeness (QED) is 0.830. The average molecular weight is 342 g/mol. The van der Waals surface area contributed by atoms with Crippen molar-refractivity contribution in [2.45, 2.75) is 6.54 Å². The van der Waals surface area contributed by atoms with Gasteiger partial charge < -0.3 is 10.1 Å². The van der Waals surface area contributed by atoms with Crippen molar-refractivity contribution in [2.24, 2.45) is 7.05 Å². The number of amides is 1. The molecule has 106 valence electrons. The molecular formula is C11H12BrN5O3. The lowest BCUT2D eigenvalue weighted by molar-refractivity contribution is -0.116. The predicted octanol–water partition coefficient (Wildman–Crippen LogP) is 0.804. The van der Waals surface area contributed by atoms with Crippen LogP contribution < -0.4 is 5.32 Å². The van der Waals surface area contributed by atoms with Crippen LogP contribution >= 0.6 is 15.9 Å². The lowest BCUT2D eigenvalue weighted by Crippen LogP contribution is -2.21. The van der Waals surface area contributed by atoms with Gasteiger partial charge in [-0.05, 0) is 15.9 Å². The highest BCUT2D eigenvalue weighted by molar-refractivity contribution is 9.10. The Bertz CT molecular complexity index is 648. The lowest BCUT2D eigenvalue weighted by Gasteiger charge is -2.06. The number of carbonyl (C=O) groups excluding carboxylic acids is 2. The number of methoxy groups -OCH3 is 1. The summed E-state index contributed by atoms with van der Waals surface area (Å²) in [5.74, 6) is -0.888. The molecule has 0 aromatic carbocycles. The Balaban J connectivity index is 2.10. The van der Waals surface area contributed by atoms with E-state index in [9.17, 15) is 9.59 Å². The molecule has 2 heterocycles. The molecule has 9 heteroatoms. The molecule has 0 spiro atoms. The number of halogens is 1. The smallest absolute Gasteiger partial charge is 0.358 e. The molecule has 8 nitrogen and oxygen atoms in total. The number of rotatable bonds is 4. The summed E-state index contributed by atoms with van der Waals surface area (Å²) in [6, 6.07) is 0. The summed E-state index contributed by atoms with van der Waals surface area (Å²) in [5, 5.41) is 10.5. The molecule has 0 saturated heterocycles. The van der Waals surface area contributed by atoms with Crippen molar-refractivity contribution in [1.82, 2.24) is 19.6 Å². The largest absolute Gasteiger partial charge is 0.464 e. The standard InChI is InChI=1S/C11H12BrN5O3/c1-16-10(11(19)20-2)8(4-13-16)15-9(18)6-17-5-7(12)3-14-17/h3-5H,6H2,1-2H3,(H,15,18). The van der Waals surface area contributed by atoms with E-state index in [1.807, 2.05) is 0 Å². The molecule has 0 bridgehead atoms. The molecule has 2 aromatic heterocycles. The van der Waals surface area contributed by atoms with Gasteiger partial charge in [-0.2, -0.15) is 10.2 Å². The van der Waals surface area contributed by atoms with Crippen LogP contribution in [-0.4, -0.2) is 38.5 Å². The number of anilines is 1. The van der Waals surface area contributed by atoms with E-state index in [1.165, 1.54) is 22.7 Å². The molecular weight excluding hydrogens is 330 g/mol. The van der Waals surface area contributed by atoms with Crippen LogP contribution in [0.25, 0.3) is 0 Å². The number of hydrogen-bond acceptors (Lipinski definition) is 5. The zero-order valence-electron chi connectivity index (χ0n) is 10.8. The molecule has 0 saturated carbocycles. The van der Waals surface area contributed by atoms with E-state index in [4.69, 9.17) is 0 Å². The van der Waals surface area contributed by atoms with E-state index >= 15 is 0 Å². The summed E-state index contributed by atoms with van der Waals surface area (Å²) in [6.07, 6.45) is 4.64. The molecule has 2 aromatic rings. The van der Waals surface area contributed by atoms with Crippen molar-refractivity contribution in [3.63, 3.8) is 0 Å². The normalized spacial score (nSPS) is 10.3. The molecule has 2 rings (SSSR count). The summed E-state index contributed by atoms with van der Waals surface area (Å²) in [6.45, 7) is 0.0289. The fourth-order valence-electron chi connectivity index (χ4n) is 1.63. The fourth-order valence-corrected chi connectivity index (χ4v) is 1.96. The number of nitrogens with zero attached hydrogens (tertiary/aromatic N) is 4. The first-order valence-corrected chi connectivity index (χ1v) is 6.38. The van der Waals surface area contributed by atoms with Gasteiger partial charge in [-0.25, -0.2) is 4.79 Å². The van der Waals surface area contributed by atoms with Crippen LogP contribution in [0.1, 0.15) is 10.5 Å².